The predicted molar refractivity (Wildman–Crippen MR) is 83.6 cm³/mol. The minimum absolute atomic E-state index is 0.0270. The third kappa shape index (κ3) is 4.94. The number of rotatable bonds is 7. The van der Waals surface area contributed by atoms with Gasteiger partial charge in [0.05, 0.1) is 28.9 Å². The number of aliphatic hydroxyl groups is 1. The molecule has 0 aliphatic carbocycles. The Morgan fingerprint density at radius 2 is 2.05 bits per heavy atom. The van der Waals surface area contributed by atoms with Crippen LogP contribution in [-0.4, -0.2) is 42.2 Å². The van der Waals surface area contributed by atoms with Gasteiger partial charge in [0, 0.05) is 6.54 Å². The zero-order valence-electron chi connectivity index (χ0n) is 11.7. The lowest BCUT2D eigenvalue weighted by molar-refractivity contribution is -0.117. The van der Waals surface area contributed by atoms with Gasteiger partial charge in [-0.1, -0.05) is 36.2 Å². The standard InChI is InChI=1S/C14H20Cl2N2O2/c1-3-6-18(7-8-19)9-12(20)17-14-11(15)5-4-10(2)13(14)16/h4-5,19H,3,6-9H2,1-2H3,(H,17,20). The molecule has 0 fully saturated rings. The summed E-state index contributed by atoms with van der Waals surface area (Å²) < 4.78 is 0. The van der Waals surface area contributed by atoms with E-state index in [0.717, 1.165) is 18.5 Å². The summed E-state index contributed by atoms with van der Waals surface area (Å²) >= 11 is 12.2. The van der Waals surface area contributed by atoms with Gasteiger partial charge in [0.15, 0.2) is 0 Å². The molecule has 112 valence electrons. The molecule has 0 atom stereocenters. The van der Waals surface area contributed by atoms with E-state index in [1.54, 1.807) is 12.1 Å². The second-order valence-electron chi connectivity index (χ2n) is 4.60. The van der Waals surface area contributed by atoms with E-state index in [1.165, 1.54) is 0 Å². The number of carbonyl (C=O) groups excluding carboxylic acids is 1. The molecule has 0 unspecified atom stereocenters. The van der Waals surface area contributed by atoms with Crippen LogP contribution in [0.3, 0.4) is 0 Å². The minimum Gasteiger partial charge on any atom is -0.395 e. The summed E-state index contributed by atoms with van der Waals surface area (Å²) in [6.45, 7) is 5.33. The fraction of sp³-hybridized carbons (Fsp3) is 0.500. The van der Waals surface area contributed by atoms with Gasteiger partial charge < -0.3 is 10.4 Å². The lowest BCUT2D eigenvalue weighted by Gasteiger charge is -2.20. The second kappa shape index (κ2) is 8.47. The zero-order valence-corrected chi connectivity index (χ0v) is 13.3. The number of nitrogens with one attached hydrogen (secondary N) is 1. The molecule has 4 nitrogen and oxygen atoms in total. The van der Waals surface area contributed by atoms with Crippen LogP contribution in [0.2, 0.25) is 10.0 Å². The quantitative estimate of drug-likeness (QED) is 0.812. The molecule has 20 heavy (non-hydrogen) atoms. The molecule has 0 aliphatic heterocycles. The van der Waals surface area contributed by atoms with Crippen molar-refractivity contribution in [3.63, 3.8) is 0 Å². The van der Waals surface area contributed by atoms with E-state index < -0.39 is 0 Å². The smallest absolute Gasteiger partial charge is 0.238 e. The lowest BCUT2D eigenvalue weighted by Crippen LogP contribution is -2.35. The fourth-order valence-electron chi connectivity index (χ4n) is 1.88. The highest BCUT2D eigenvalue weighted by atomic mass is 35.5. The summed E-state index contributed by atoms with van der Waals surface area (Å²) in [5.74, 6) is -0.193. The Balaban J connectivity index is 2.73. The molecular formula is C14H20Cl2N2O2. The SMILES string of the molecule is CCCN(CCO)CC(=O)Nc1c(Cl)ccc(C)c1Cl. The summed E-state index contributed by atoms with van der Waals surface area (Å²) in [4.78, 5) is 13.9. The molecule has 0 spiro atoms. The van der Waals surface area contributed by atoms with Crippen LogP contribution >= 0.6 is 23.2 Å². The van der Waals surface area contributed by atoms with Crippen molar-refractivity contribution in [1.82, 2.24) is 4.90 Å². The predicted octanol–water partition coefficient (Wildman–Crippen LogP) is 2.94. The molecule has 0 heterocycles. The van der Waals surface area contributed by atoms with Gasteiger partial charge in [-0.15, -0.1) is 0 Å². The van der Waals surface area contributed by atoms with Crippen LogP contribution in [0.1, 0.15) is 18.9 Å². The van der Waals surface area contributed by atoms with Gasteiger partial charge in [-0.3, -0.25) is 9.69 Å². The van der Waals surface area contributed by atoms with Crippen LogP contribution in [0.4, 0.5) is 5.69 Å². The first kappa shape index (κ1) is 17.2. The van der Waals surface area contributed by atoms with Crippen molar-refractivity contribution < 1.29 is 9.90 Å². The first-order chi connectivity index (χ1) is 9.49. The molecule has 1 aromatic rings. The average molecular weight is 319 g/mol. The van der Waals surface area contributed by atoms with Crippen molar-refractivity contribution in [2.24, 2.45) is 0 Å². The number of carbonyl (C=O) groups is 1. The number of amides is 1. The first-order valence-electron chi connectivity index (χ1n) is 6.57. The summed E-state index contributed by atoms with van der Waals surface area (Å²) in [6.07, 6.45) is 0.916. The normalized spacial score (nSPS) is 10.9. The maximum atomic E-state index is 12.0. The van der Waals surface area contributed by atoms with Crippen molar-refractivity contribution in [3.8, 4) is 0 Å². The van der Waals surface area contributed by atoms with Crippen molar-refractivity contribution in [2.75, 3.05) is 31.6 Å². The molecule has 0 saturated carbocycles. The molecule has 0 saturated heterocycles. The molecular weight excluding hydrogens is 299 g/mol. The number of nitrogens with zero attached hydrogens (tertiary/aromatic N) is 1. The number of hydrogen-bond donors (Lipinski definition) is 2. The molecule has 2 N–H and O–H groups in total. The molecule has 6 heteroatoms. The highest BCUT2D eigenvalue weighted by Gasteiger charge is 2.14. The van der Waals surface area contributed by atoms with E-state index in [0.29, 0.717) is 22.3 Å². The molecule has 0 aromatic heterocycles. The van der Waals surface area contributed by atoms with Gasteiger partial charge in [0.25, 0.3) is 0 Å². The van der Waals surface area contributed by atoms with Gasteiger partial charge in [-0.05, 0) is 31.5 Å². The number of aliphatic hydroxyl groups excluding tert-OH is 1. The van der Waals surface area contributed by atoms with E-state index >= 15 is 0 Å². The zero-order chi connectivity index (χ0) is 15.1. The Hall–Kier alpha value is -0.810. The summed E-state index contributed by atoms with van der Waals surface area (Å²) in [6, 6.07) is 3.51. The van der Waals surface area contributed by atoms with Gasteiger partial charge in [-0.25, -0.2) is 0 Å². The third-order valence-corrected chi connectivity index (χ3v) is 3.67. The van der Waals surface area contributed by atoms with Crippen LogP contribution in [0.5, 0.6) is 0 Å². The highest BCUT2D eigenvalue weighted by Crippen LogP contribution is 2.32. The van der Waals surface area contributed by atoms with Crippen molar-refractivity contribution in [1.29, 1.82) is 0 Å². The Kier molecular flexibility index (Phi) is 7.30. The van der Waals surface area contributed by atoms with Crippen LogP contribution in [0, 0.1) is 6.92 Å². The molecule has 1 rings (SSSR count). The van der Waals surface area contributed by atoms with Crippen LogP contribution in [-0.2, 0) is 4.79 Å². The Morgan fingerprint density at radius 1 is 1.35 bits per heavy atom. The number of hydrogen-bond acceptors (Lipinski definition) is 3. The molecule has 1 amide bonds. The second-order valence-corrected chi connectivity index (χ2v) is 5.39. The average Bonchev–Trinajstić information content (AvgIpc) is 2.40. The lowest BCUT2D eigenvalue weighted by atomic mass is 10.2. The van der Waals surface area contributed by atoms with Crippen molar-refractivity contribution >= 4 is 34.8 Å². The summed E-state index contributed by atoms with van der Waals surface area (Å²) in [5, 5.41) is 12.6. The van der Waals surface area contributed by atoms with E-state index in [2.05, 4.69) is 5.32 Å². The van der Waals surface area contributed by atoms with E-state index in [4.69, 9.17) is 28.3 Å². The molecule has 0 radical (unpaired) electrons. The number of halogens is 2. The Morgan fingerprint density at radius 3 is 2.65 bits per heavy atom. The molecule has 1 aromatic carbocycles. The largest absolute Gasteiger partial charge is 0.395 e. The van der Waals surface area contributed by atoms with Crippen molar-refractivity contribution in [3.05, 3.63) is 27.7 Å². The van der Waals surface area contributed by atoms with Crippen LogP contribution < -0.4 is 5.32 Å². The highest BCUT2D eigenvalue weighted by molar-refractivity contribution is 6.40. The topological polar surface area (TPSA) is 52.6 Å². The molecule has 0 aliphatic rings. The number of anilines is 1. The van der Waals surface area contributed by atoms with Gasteiger partial charge in [-0.2, -0.15) is 0 Å². The summed E-state index contributed by atoms with van der Waals surface area (Å²) in [7, 11) is 0. The van der Waals surface area contributed by atoms with E-state index in [9.17, 15) is 4.79 Å². The van der Waals surface area contributed by atoms with Gasteiger partial charge in [0.1, 0.15) is 0 Å². The van der Waals surface area contributed by atoms with Gasteiger partial charge >= 0.3 is 0 Å². The van der Waals surface area contributed by atoms with E-state index in [-0.39, 0.29) is 19.1 Å². The third-order valence-electron chi connectivity index (χ3n) is 2.87. The van der Waals surface area contributed by atoms with Crippen molar-refractivity contribution in [2.45, 2.75) is 20.3 Å². The van der Waals surface area contributed by atoms with E-state index in [1.807, 2.05) is 18.7 Å². The monoisotopic (exact) mass is 318 g/mol. The fourth-order valence-corrected chi connectivity index (χ4v) is 2.35. The number of benzene rings is 1. The number of aryl methyl sites for hydroxylation is 1. The molecule has 0 bridgehead atoms. The minimum atomic E-state index is -0.193. The van der Waals surface area contributed by atoms with Crippen LogP contribution in [0.15, 0.2) is 12.1 Å². The first-order valence-corrected chi connectivity index (χ1v) is 7.32. The Bertz CT molecular complexity index is 461. The van der Waals surface area contributed by atoms with Crippen LogP contribution in [0.25, 0.3) is 0 Å². The van der Waals surface area contributed by atoms with Gasteiger partial charge in [0.2, 0.25) is 5.91 Å². The Labute approximate surface area is 129 Å². The summed E-state index contributed by atoms with van der Waals surface area (Å²) in [5.41, 5.74) is 1.30. The maximum absolute atomic E-state index is 12.0. The maximum Gasteiger partial charge on any atom is 0.238 e.